The lowest BCUT2D eigenvalue weighted by Crippen LogP contribution is -2.35. The summed E-state index contributed by atoms with van der Waals surface area (Å²) in [4.78, 5) is 46.6. The second-order valence-corrected chi connectivity index (χ2v) is 7.45. The summed E-state index contributed by atoms with van der Waals surface area (Å²) in [5, 5.41) is 7.96. The highest BCUT2D eigenvalue weighted by Crippen LogP contribution is 2.13. The molecule has 0 saturated heterocycles. The first-order valence-corrected chi connectivity index (χ1v) is 10.1. The monoisotopic (exact) mass is 437 g/mol. The molecule has 1 aromatic carbocycles. The Morgan fingerprint density at radius 3 is 2.16 bits per heavy atom. The molecule has 0 aliphatic rings. The van der Waals surface area contributed by atoms with Gasteiger partial charge in [0.05, 0.1) is 6.61 Å². The fourth-order valence-electron chi connectivity index (χ4n) is 2.22. The third-order valence-electron chi connectivity index (χ3n) is 3.56. The van der Waals surface area contributed by atoms with Crippen molar-refractivity contribution < 1.29 is 33.4 Å². The fraction of sp³-hybridized carbons (Fsp3) is 0.524. The Kier molecular flexibility index (Phi) is 10.9. The van der Waals surface area contributed by atoms with Crippen molar-refractivity contribution in [1.29, 1.82) is 0 Å². The van der Waals surface area contributed by atoms with E-state index < -0.39 is 17.8 Å². The van der Waals surface area contributed by atoms with Gasteiger partial charge in [-0.05, 0) is 58.4 Å². The topological polar surface area (TPSA) is 132 Å². The molecule has 0 aromatic heterocycles. The Labute approximate surface area is 182 Å². The van der Waals surface area contributed by atoms with E-state index in [1.807, 2.05) is 0 Å². The normalized spacial score (nSPS) is 10.6. The maximum absolute atomic E-state index is 12.1. The van der Waals surface area contributed by atoms with E-state index in [0.29, 0.717) is 25.1 Å². The van der Waals surface area contributed by atoms with Crippen molar-refractivity contribution in [1.82, 2.24) is 16.0 Å². The lowest BCUT2D eigenvalue weighted by Gasteiger charge is -2.19. The minimum Gasteiger partial charge on any atom is -0.444 e. The van der Waals surface area contributed by atoms with Crippen molar-refractivity contribution >= 4 is 24.1 Å². The van der Waals surface area contributed by atoms with Crippen LogP contribution in [0.5, 0.6) is 5.75 Å². The molecule has 0 aliphatic heterocycles. The molecule has 3 amide bonds. The van der Waals surface area contributed by atoms with Gasteiger partial charge in [-0.2, -0.15) is 0 Å². The lowest BCUT2D eigenvalue weighted by molar-refractivity contribution is -0.120. The lowest BCUT2D eigenvalue weighted by atomic mass is 10.2. The largest absolute Gasteiger partial charge is 0.513 e. The number of benzene rings is 1. The van der Waals surface area contributed by atoms with Crippen LogP contribution in [-0.2, 0) is 14.3 Å². The molecule has 0 bridgehead atoms. The zero-order chi connectivity index (χ0) is 23.3. The van der Waals surface area contributed by atoms with E-state index in [9.17, 15) is 19.2 Å². The maximum Gasteiger partial charge on any atom is 0.513 e. The molecule has 0 atom stereocenters. The number of carbonyl (C=O) groups is 4. The minimum absolute atomic E-state index is 0.131. The SMILES string of the molecule is CCOC(=O)Oc1ccc(C(=O)NCCCNC(=O)CCNC(=O)OC(C)(C)C)cc1. The smallest absolute Gasteiger partial charge is 0.444 e. The van der Waals surface area contributed by atoms with E-state index in [0.717, 1.165) is 0 Å². The van der Waals surface area contributed by atoms with E-state index in [4.69, 9.17) is 9.47 Å². The standard InChI is InChI=1S/C21H31N3O7/c1-5-29-20(28)30-16-9-7-15(8-10-16)18(26)23-13-6-12-22-17(25)11-14-24-19(27)31-21(2,3)4/h7-10H,5-6,11-14H2,1-4H3,(H,22,25)(H,23,26)(H,24,27). The van der Waals surface area contributed by atoms with Gasteiger partial charge in [0.25, 0.3) is 5.91 Å². The first kappa shape index (κ1) is 25.7. The second kappa shape index (κ2) is 13.1. The predicted molar refractivity (Wildman–Crippen MR) is 113 cm³/mol. The minimum atomic E-state index is -0.803. The van der Waals surface area contributed by atoms with Gasteiger partial charge in [0.15, 0.2) is 0 Å². The molecule has 0 aliphatic carbocycles. The first-order valence-electron chi connectivity index (χ1n) is 10.1. The van der Waals surface area contributed by atoms with Gasteiger partial charge >= 0.3 is 12.2 Å². The summed E-state index contributed by atoms with van der Waals surface area (Å²) >= 11 is 0. The third-order valence-corrected chi connectivity index (χ3v) is 3.56. The van der Waals surface area contributed by atoms with Crippen LogP contribution in [0.2, 0.25) is 0 Å². The van der Waals surface area contributed by atoms with Crippen LogP contribution in [0.25, 0.3) is 0 Å². The molecule has 172 valence electrons. The van der Waals surface area contributed by atoms with E-state index in [1.54, 1.807) is 27.7 Å². The van der Waals surface area contributed by atoms with Gasteiger partial charge < -0.3 is 30.2 Å². The molecule has 1 rings (SSSR count). The summed E-state index contributed by atoms with van der Waals surface area (Å²) < 4.78 is 14.7. The van der Waals surface area contributed by atoms with Crippen molar-refractivity contribution in [3.8, 4) is 5.75 Å². The molecule has 1 aromatic rings. The fourth-order valence-corrected chi connectivity index (χ4v) is 2.22. The Morgan fingerprint density at radius 2 is 1.55 bits per heavy atom. The average molecular weight is 437 g/mol. The van der Waals surface area contributed by atoms with Gasteiger partial charge in [-0.25, -0.2) is 9.59 Å². The molecule has 0 unspecified atom stereocenters. The van der Waals surface area contributed by atoms with E-state index in [2.05, 4.69) is 20.7 Å². The summed E-state index contributed by atoms with van der Waals surface area (Å²) in [6.45, 7) is 8.09. The number of hydrogen-bond acceptors (Lipinski definition) is 7. The van der Waals surface area contributed by atoms with Gasteiger partial charge in [0, 0.05) is 31.6 Å². The van der Waals surface area contributed by atoms with Gasteiger partial charge in [-0.15, -0.1) is 0 Å². The molecular formula is C21H31N3O7. The van der Waals surface area contributed by atoms with Gasteiger partial charge in [0.2, 0.25) is 5.91 Å². The zero-order valence-corrected chi connectivity index (χ0v) is 18.4. The molecule has 10 heteroatoms. The van der Waals surface area contributed by atoms with Crippen LogP contribution in [0.3, 0.4) is 0 Å². The van der Waals surface area contributed by atoms with Crippen LogP contribution in [0.15, 0.2) is 24.3 Å². The van der Waals surface area contributed by atoms with Crippen LogP contribution in [0.1, 0.15) is 50.9 Å². The molecule has 10 nitrogen and oxygen atoms in total. The van der Waals surface area contributed by atoms with Gasteiger partial charge in [-0.1, -0.05) is 0 Å². The molecule has 0 fully saturated rings. The maximum atomic E-state index is 12.1. The van der Waals surface area contributed by atoms with E-state index in [1.165, 1.54) is 24.3 Å². The number of carbonyl (C=O) groups excluding carboxylic acids is 4. The van der Waals surface area contributed by atoms with Crippen LogP contribution in [-0.4, -0.2) is 55.9 Å². The van der Waals surface area contributed by atoms with Gasteiger partial charge in [-0.3, -0.25) is 9.59 Å². The summed E-state index contributed by atoms with van der Waals surface area (Å²) in [6, 6.07) is 6.06. The van der Waals surface area contributed by atoms with E-state index >= 15 is 0 Å². The Balaban J connectivity index is 2.17. The van der Waals surface area contributed by atoms with Gasteiger partial charge in [0.1, 0.15) is 11.4 Å². The predicted octanol–water partition coefficient (Wildman–Crippen LogP) is 2.37. The third kappa shape index (κ3) is 12.1. The van der Waals surface area contributed by atoms with Crippen LogP contribution >= 0.6 is 0 Å². The number of nitrogens with one attached hydrogen (secondary N) is 3. The zero-order valence-electron chi connectivity index (χ0n) is 18.4. The highest BCUT2D eigenvalue weighted by molar-refractivity contribution is 5.94. The molecular weight excluding hydrogens is 406 g/mol. The van der Waals surface area contributed by atoms with Crippen LogP contribution < -0.4 is 20.7 Å². The molecule has 0 spiro atoms. The number of amides is 3. The highest BCUT2D eigenvalue weighted by atomic mass is 16.7. The highest BCUT2D eigenvalue weighted by Gasteiger charge is 2.15. The summed E-state index contributed by atoms with van der Waals surface area (Å²) in [5.41, 5.74) is -0.177. The Bertz CT molecular complexity index is 742. The number of rotatable bonds is 10. The Morgan fingerprint density at radius 1 is 0.903 bits per heavy atom. The first-order chi connectivity index (χ1) is 14.6. The van der Waals surface area contributed by atoms with Crippen molar-refractivity contribution in [2.24, 2.45) is 0 Å². The van der Waals surface area contributed by atoms with Crippen molar-refractivity contribution in [2.75, 3.05) is 26.2 Å². The summed E-state index contributed by atoms with van der Waals surface area (Å²) in [6.07, 6.45) is -0.696. The summed E-state index contributed by atoms with van der Waals surface area (Å²) in [7, 11) is 0. The molecule has 31 heavy (non-hydrogen) atoms. The average Bonchev–Trinajstić information content (AvgIpc) is 2.67. The van der Waals surface area contributed by atoms with Crippen LogP contribution in [0, 0.1) is 0 Å². The van der Waals surface area contributed by atoms with Crippen molar-refractivity contribution in [3.05, 3.63) is 29.8 Å². The molecule has 0 radical (unpaired) electrons. The molecule has 3 N–H and O–H groups in total. The molecule has 0 saturated carbocycles. The van der Waals surface area contributed by atoms with Crippen molar-refractivity contribution in [2.45, 2.75) is 46.1 Å². The summed E-state index contributed by atoms with van der Waals surface area (Å²) in [5.74, 6) is -0.214. The second-order valence-electron chi connectivity index (χ2n) is 7.45. The number of hydrogen-bond donors (Lipinski definition) is 3. The number of alkyl carbamates (subject to hydrolysis) is 1. The van der Waals surface area contributed by atoms with Crippen LogP contribution in [0.4, 0.5) is 9.59 Å². The quantitative estimate of drug-likeness (QED) is 0.291. The molecule has 0 heterocycles. The van der Waals surface area contributed by atoms with E-state index in [-0.39, 0.29) is 37.1 Å². The number of ether oxygens (including phenoxy) is 3. The van der Waals surface area contributed by atoms with Crippen molar-refractivity contribution in [3.63, 3.8) is 0 Å². The Hall–Kier alpha value is -3.30.